The van der Waals surface area contributed by atoms with Crippen LogP contribution in [0, 0.1) is 5.92 Å². The molecular weight excluding hydrogens is 378 g/mol. The van der Waals surface area contributed by atoms with Crippen molar-refractivity contribution in [3.63, 3.8) is 0 Å². The highest BCUT2D eigenvalue weighted by atomic mass is 32.2. The van der Waals surface area contributed by atoms with E-state index in [0.29, 0.717) is 19.7 Å². The molecule has 0 radical (unpaired) electrons. The van der Waals surface area contributed by atoms with Gasteiger partial charge in [0, 0.05) is 18.8 Å². The zero-order valence-electron chi connectivity index (χ0n) is 17.3. The molecule has 7 nitrogen and oxygen atoms in total. The van der Waals surface area contributed by atoms with Crippen molar-refractivity contribution in [2.45, 2.75) is 51.8 Å². The zero-order valence-corrected chi connectivity index (χ0v) is 18.1. The first kappa shape index (κ1) is 22.6. The van der Waals surface area contributed by atoms with E-state index in [1.54, 1.807) is 13.8 Å². The molecule has 0 unspecified atom stereocenters. The minimum absolute atomic E-state index is 0.0624. The SMILES string of the molecule is CCOc1ccc(NC(=O)[C@H](C)N2CCC[C@H](CNS(=O)(=O)C(C)C)C2)cc1. The van der Waals surface area contributed by atoms with E-state index < -0.39 is 15.3 Å². The smallest absolute Gasteiger partial charge is 0.241 e. The van der Waals surface area contributed by atoms with Crippen LogP contribution >= 0.6 is 0 Å². The number of hydrogen-bond acceptors (Lipinski definition) is 5. The van der Waals surface area contributed by atoms with Gasteiger partial charge in [0.05, 0.1) is 17.9 Å². The first-order valence-electron chi connectivity index (χ1n) is 9.99. The molecule has 8 heteroatoms. The minimum atomic E-state index is -3.26. The molecule has 1 saturated heterocycles. The molecule has 0 bridgehead atoms. The predicted octanol–water partition coefficient (Wildman–Crippen LogP) is 2.45. The lowest BCUT2D eigenvalue weighted by Crippen LogP contribution is -2.49. The number of benzene rings is 1. The minimum Gasteiger partial charge on any atom is -0.494 e. The van der Waals surface area contributed by atoms with Crippen molar-refractivity contribution in [3.05, 3.63) is 24.3 Å². The second-order valence-electron chi connectivity index (χ2n) is 7.57. The molecule has 1 aliphatic rings. The summed E-state index contributed by atoms with van der Waals surface area (Å²) in [5, 5.41) is 2.51. The number of nitrogens with one attached hydrogen (secondary N) is 2. The summed E-state index contributed by atoms with van der Waals surface area (Å²) < 4.78 is 32.1. The number of amides is 1. The fourth-order valence-electron chi connectivity index (χ4n) is 3.23. The average Bonchev–Trinajstić information content (AvgIpc) is 2.67. The van der Waals surface area contributed by atoms with Crippen LogP contribution in [0.1, 0.15) is 40.5 Å². The summed E-state index contributed by atoms with van der Waals surface area (Å²) in [5.41, 5.74) is 0.735. The molecule has 1 aromatic rings. The van der Waals surface area contributed by atoms with Gasteiger partial charge in [0.15, 0.2) is 0 Å². The molecule has 2 N–H and O–H groups in total. The molecule has 0 saturated carbocycles. The van der Waals surface area contributed by atoms with Crippen LogP contribution in [0.2, 0.25) is 0 Å². The average molecular weight is 412 g/mol. The number of anilines is 1. The summed E-state index contributed by atoms with van der Waals surface area (Å²) in [6.45, 7) is 9.73. The van der Waals surface area contributed by atoms with Crippen LogP contribution < -0.4 is 14.8 Å². The standard InChI is InChI=1S/C20H33N3O4S/c1-5-27-19-10-8-18(9-11-19)22-20(24)16(4)23-12-6-7-17(14-23)13-21-28(25,26)15(2)3/h8-11,15-17,21H,5-7,12-14H2,1-4H3,(H,22,24)/t16-,17+/m0/s1. The lowest BCUT2D eigenvalue weighted by molar-refractivity contribution is -0.121. The van der Waals surface area contributed by atoms with E-state index in [1.165, 1.54) is 0 Å². The molecule has 1 amide bonds. The number of likely N-dealkylation sites (tertiary alicyclic amines) is 1. The van der Waals surface area contributed by atoms with Gasteiger partial charge in [-0.1, -0.05) is 0 Å². The third-order valence-electron chi connectivity index (χ3n) is 5.10. The maximum atomic E-state index is 12.6. The predicted molar refractivity (Wildman–Crippen MR) is 112 cm³/mol. The fraction of sp³-hybridized carbons (Fsp3) is 0.650. The second-order valence-corrected chi connectivity index (χ2v) is 9.89. The number of sulfonamides is 1. The number of nitrogens with zero attached hydrogens (tertiary/aromatic N) is 1. The number of ether oxygens (including phenoxy) is 1. The quantitative estimate of drug-likeness (QED) is 0.652. The van der Waals surface area contributed by atoms with Crippen LogP contribution in [0.25, 0.3) is 0 Å². The molecular formula is C20H33N3O4S. The highest BCUT2D eigenvalue weighted by Crippen LogP contribution is 2.20. The van der Waals surface area contributed by atoms with Crippen LogP contribution in [-0.2, 0) is 14.8 Å². The lowest BCUT2D eigenvalue weighted by Gasteiger charge is -2.36. The Morgan fingerprint density at radius 2 is 1.93 bits per heavy atom. The van der Waals surface area contributed by atoms with Gasteiger partial charge in [-0.05, 0) is 77.3 Å². The van der Waals surface area contributed by atoms with E-state index in [2.05, 4.69) is 14.9 Å². The lowest BCUT2D eigenvalue weighted by atomic mass is 9.97. The largest absolute Gasteiger partial charge is 0.494 e. The molecule has 1 fully saturated rings. The van der Waals surface area contributed by atoms with E-state index in [0.717, 1.165) is 30.8 Å². The first-order chi connectivity index (χ1) is 13.2. The monoisotopic (exact) mass is 411 g/mol. The van der Waals surface area contributed by atoms with Crippen LogP contribution in [0.15, 0.2) is 24.3 Å². The topological polar surface area (TPSA) is 87.7 Å². The van der Waals surface area contributed by atoms with Gasteiger partial charge in [-0.25, -0.2) is 13.1 Å². The number of carbonyl (C=O) groups is 1. The number of hydrogen-bond donors (Lipinski definition) is 2. The molecule has 1 aromatic carbocycles. The Labute approximate surface area is 168 Å². The van der Waals surface area contributed by atoms with E-state index >= 15 is 0 Å². The van der Waals surface area contributed by atoms with Crippen molar-refractivity contribution < 1.29 is 17.9 Å². The van der Waals surface area contributed by atoms with Crippen LogP contribution in [0.4, 0.5) is 5.69 Å². The van der Waals surface area contributed by atoms with Crippen molar-refractivity contribution in [2.75, 3.05) is 31.6 Å². The Morgan fingerprint density at radius 3 is 2.54 bits per heavy atom. The Bertz CT molecular complexity index is 734. The Morgan fingerprint density at radius 1 is 1.25 bits per heavy atom. The van der Waals surface area contributed by atoms with E-state index in [-0.39, 0.29) is 17.9 Å². The summed E-state index contributed by atoms with van der Waals surface area (Å²) in [7, 11) is -3.26. The normalized spacial score (nSPS) is 19.4. The molecule has 158 valence electrons. The van der Waals surface area contributed by atoms with Crippen LogP contribution in [-0.4, -0.2) is 56.8 Å². The van der Waals surface area contributed by atoms with Crippen LogP contribution in [0.5, 0.6) is 5.75 Å². The van der Waals surface area contributed by atoms with E-state index in [1.807, 2.05) is 38.1 Å². The van der Waals surface area contributed by atoms with Gasteiger partial charge in [0.2, 0.25) is 15.9 Å². The van der Waals surface area contributed by atoms with Gasteiger partial charge in [-0.2, -0.15) is 0 Å². The summed E-state index contributed by atoms with van der Waals surface area (Å²) in [6.07, 6.45) is 1.92. The molecule has 0 aromatic heterocycles. The van der Waals surface area contributed by atoms with E-state index in [4.69, 9.17) is 4.74 Å². The highest BCUT2D eigenvalue weighted by Gasteiger charge is 2.28. The summed E-state index contributed by atoms with van der Waals surface area (Å²) >= 11 is 0. The van der Waals surface area contributed by atoms with Crippen molar-refractivity contribution in [1.29, 1.82) is 0 Å². The molecule has 1 heterocycles. The van der Waals surface area contributed by atoms with Gasteiger partial charge >= 0.3 is 0 Å². The fourth-order valence-corrected chi connectivity index (χ4v) is 4.03. The second kappa shape index (κ2) is 10.2. The molecule has 1 aliphatic heterocycles. The first-order valence-corrected chi connectivity index (χ1v) is 11.5. The Balaban J connectivity index is 1.88. The maximum absolute atomic E-state index is 12.6. The van der Waals surface area contributed by atoms with Gasteiger partial charge in [-0.15, -0.1) is 0 Å². The van der Waals surface area contributed by atoms with Crippen molar-refractivity contribution in [1.82, 2.24) is 9.62 Å². The van der Waals surface area contributed by atoms with Gasteiger partial charge < -0.3 is 10.1 Å². The third kappa shape index (κ3) is 6.46. The van der Waals surface area contributed by atoms with Crippen molar-refractivity contribution >= 4 is 21.6 Å². The Hall–Kier alpha value is -1.64. The molecule has 28 heavy (non-hydrogen) atoms. The van der Waals surface area contributed by atoms with Crippen LogP contribution in [0.3, 0.4) is 0 Å². The summed E-state index contributed by atoms with van der Waals surface area (Å²) in [4.78, 5) is 14.8. The van der Waals surface area contributed by atoms with Gasteiger partial charge in [0.25, 0.3) is 0 Å². The maximum Gasteiger partial charge on any atom is 0.241 e. The molecule has 2 atom stereocenters. The molecule has 0 spiro atoms. The third-order valence-corrected chi connectivity index (χ3v) is 6.91. The molecule has 0 aliphatic carbocycles. The molecule has 2 rings (SSSR count). The number of piperidine rings is 1. The van der Waals surface area contributed by atoms with Gasteiger partial charge in [-0.3, -0.25) is 9.69 Å². The summed E-state index contributed by atoms with van der Waals surface area (Å²) in [5.74, 6) is 0.923. The van der Waals surface area contributed by atoms with E-state index in [9.17, 15) is 13.2 Å². The van der Waals surface area contributed by atoms with Crippen molar-refractivity contribution in [2.24, 2.45) is 5.92 Å². The van der Waals surface area contributed by atoms with Crippen molar-refractivity contribution in [3.8, 4) is 5.75 Å². The highest BCUT2D eigenvalue weighted by molar-refractivity contribution is 7.90. The zero-order chi connectivity index (χ0) is 20.7. The summed E-state index contributed by atoms with van der Waals surface area (Å²) in [6, 6.07) is 7.05. The Kier molecular flexibility index (Phi) is 8.27. The van der Waals surface area contributed by atoms with Gasteiger partial charge in [0.1, 0.15) is 5.75 Å². The number of carbonyl (C=O) groups excluding carboxylic acids is 1. The number of rotatable bonds is 9.